The van der Waals surface area contributed by atoms with Crippen molar-refractivity contribution in [3.05, 3.63) is 63.1 Å². The molecule has 1 aromatic carbocycles. The molecule has 0 aliphatic heterocycles. The van der Waals surface area contributed by atoms with Crippen molar-refractivity contribution in [2.45, 2.75) is 52.7 Å². The molecule has 2 aromatic heterocycles. The van der Waals surface area contributed by atoms with Gasteiger partial charge in [0.25, 0.3) is 0 Å². The van der Waals surface area contributed by atoms with Gasteiger partial charge in [-0.05, 0) is 52.2 Å². The van der Waals surface area contributed by atoms with Crippen molar-refractivity contribution in [1.29, 1.82) is 0 Å². The van der Waals surface area contributed by atoms with Crippen LogP contribution in [-0.2, 0) is 40.7 Å². The molecular formula is C24H27F2N3O5. The Morgan fingerprint density at radius 1 is 1.15 bits per heavy atom. The summed E-state index contributed by atoms with van der Waals surface area (Å²) in [5.74, 6) is -3.50. The van der Waals surface area contributed by atoms with Crippen LogP contribution in [0.5, 0.6) is 0 Å². The molecule has 0 spiro atoms. The maximum atomic E-state index is 14.3. The molecule has 2 heterocycles. The molecule has 0 atom stereocenters. The number of carbonyl (C=O) groups excluding carboxylic acids is 2. The topological polar surface area (TPSA) is 92.4 Å². The Balaban J connectivity index is 2.24. The molecule has 0 aliphatic rings. The SMILES string of the molecule is CCOC(=O)Cn1c(CCc2cccc(F)c2F)c(C(=O)OC(C)(C)C)c(=O)c2cn(C)nc21. The minimum absolute atomic E-state index is 0.0417. The number of aryl methyl sites for hydroxylation is 2. The molecule has 0 N–H and O–H groups in total. The van der Waals surface area contributed by atoms with Gasteiger partial charge in [-0.1, -0.05) is 12.1 Å². The van der Waals surface area contributed by atoms with Crippen molar-refractivity contribution in [3.8, 4) is 0 Å². The van der Waals surface area contributed by atoms with Gasteiger partial charge >= 0.3 is 11.9 Å². The van der Waals surface area contributed by atoms with Crippen LogP contribution in [0.1, 0.15) is 49.3 Å². The summed E-state index contributed by atoms with van der Waals surface area (Å²) in [5, 5.41) is 4.41. The average molecular weight is 475 g/mol. The summed E-state index contributed by atoms with van der Waals surface area (Å²) in [5.41, 5.74) is -1.44. The molecule has 0 saturated heterocycles. The lowest BCUT2D eigenvalue weighted by Crippen LogP contribution is -2.32. The summed E-state index contributed by atoms with van der Waals surface area (Å²) in [6.45, 7) is 6.43. The highest BCUT2D eigenvalue weighted by molar-refractivity contribution is 5.95. The fraction of sp³-hybridized carbons (Fsp3) is 0.417. The molecule has 34 heavy (non-hydrogen) atoms. The van der Waals surface area contributed by atoms with E-state index in [0.29, 0.717) is 0 Å². The molecule has 182 valence electrons. The van der Waals surface area contributed by atoms with Gasteiger partial charge < -0.3 is 14.0 Å². The number of benzene rings is 1. The monoisotopic (exact) mass is 475 g/mol. The smallest absolute Gasteiger partial charge is 0.344 e. The van der Waals surface area contributed by atoms with Gasteiger partial charge in [-0.25, -0.2) is 13.6 Å². The standard InChI is InChI=1S/C24H27F2N3O5/c1-6-33-18(30)13-29-17(11-10-14-8-7-9-16(25)20(14)26)19(23(32)34-24(2,3)4)21(31)15-12-28(5)27-22(15)29/h7-9,12H,6,10-11,13H2,1-5H3. The molecule has 0 aliphatic carbocycles. The van der Waals surface area contributed by atoms with Gasteiger partial charge in [0.1, 0.15) is 17.7 Å². The van der Waals surface area contributed by atoms with Crippen molar-refractivity contribution in [3.63, 3.8) is 0 Å². The largest absolute Gasteiger partial charge is 0.465 e. The second-order valence-electron chi connectivity index (χ2n) is 8.80. The summed E-state index contributed by atoms with van der Waals surface area (Å²) in [4.78, 5) is 38.9. The summed E-state index contributed by atoms with van der Waals surface area (Å²) >= 11 is 0. The minimum atomic E-state index is -1.01. The second kappa shape index (κ2) is 9.74. The van der Waals surface area contributed by atoms with E-state index in [1.54, 1.807) is 34.7 Å². The predicted octanol–water partition coefficient (Wildman–Crippen LogP) is 3.32. The third-order valence-electron chi connectivity index (χ3n) is 5.01. The van der Waals surface area contributed by atoms with Crippen LogP contribution in [-0.4, -0.2) is 38.5 Å². The second-order valence-corrected chi connectivity index (χ2v) is 8.80. The van der Waals surface area contributed by atoms with E-state index in [4.69, 9.17) is 9.47 Å². The first kappa shape index (κ1) is 25.1. The minimum Gasteiger partial charge on any atom is -0.465 e. The normalized spacial score (nSPS) is 11.6. The number of ether oxygens (including phenoxy) is 2. The molecule has 8 nitrogen and oxygen atoms in total. The van der Waals surface area contributed by atoms with Crippen LogP contribution < -0.4 is 5.43 Å². The number of aromatic nitrogens is 3. The number of rotatable bonds is 7. The molecule has 0 saturated carbocycles. The molecule has 0 unspecified atom stereocenters. The summed E-state index contributed by atoms with van der Waals surface area (Å²) in [6.07, 6.45) is 1.35. The van der Waals surface area contributed by atoms with E-state index in [0.717, 1.165) is 6.07 Å². The van der Waals surface area contributed by atoms with E-state index in [2.05, 4.69) is 5.10 Å². The van der Waals surface area contributed by atoms with Crippen LogP contribution in [0.4, 0.5) is 8.78 Å². The van der Waals surface area contributed by atoms with Crippen molar-refractivity contribution >= 4 is 23.0 Å². The number of esters is 2. The lowest BCUT2D eigenvalue weighted by Gasteiger charge is -2.22. The number of halogens is 2. The Hall–Kier alpha value is -3.56. The van der Waals surface area contributed by atoms with E-state index < -0.39 is 34.6 Å². The van der Waals surface area contributed by atoms with Crippen LogP contribution in [0.3, 0.4) is 0 Å². The first-order chi connectivity index (χ1) is 15.9. The average Bonchev–Trinajstić information content (AvgIpc) is 3.12. The Labute approximate surface area is 195 Å². The quantitative estimate of drug-likeness (QED) is 0.487. The summed E-state index contributed by atoms with van der Waals surface area (Å²) < 4.78 is 41.4. The molecule has 3 aromatic rings. The van der Waals surface area contributed by atoms with Crippen LogP contribution in [0.2, 0.25) is 0 Å². The molecule has 10 heteroatoms. The third-order valence-corrected chi connectivity index (χ3v) is 5.01. The van der Waals surface area contributed by atoms with Gasteiger partial charge in [0, 0.05) is 18.9 Å². The van der Waals surface area contributed by atoms with Crippen molar-refractivity contribution < 1.29 is 27.8 Å². The van der Waals surface area contributed by atoms with Gasteiger partial charge in [-0.15, -0.1) is 0 Å². The van der Waals surface area contributed by atoms with E-state index in [1.165, 1.54) is 27.6 Å². The number of hydrogen-bond acceptors (Lipinski definition) is 6. The highest BCUT2D eigenvalue weighted by Crippen LogP contribution is 2.22. The van der Waals surface area contributed by atoms with Gasteiger partial charge in [0.05, 0.1) is 12.0 Å². The van der Waals surface area contributed by atoms with Crippen LogP contribution in [0, 0.1) is 11.6 Å². The van der Waals surface area contributed by atoms with Crippen LogP contribution in [0.15, 0.2) is 29.2 Å². The van der Waals surface area contributed by atoms with Crippen molar-refractivity contribution in [1.82, 2.24) is 14.3 Å². The van der Waals surface area contributed by atoms with E-state index in [9.17, 15) is 23.2 Å². The zero-order valence-corrected chi connectivity index (χ0v) is 19.8. The van der Waals surface area contributed by atoms with E-state index in [-0.39, 0.29) is 53.8 Å². The highest BCUT2D eigenvalue weighted by atomic mass is 19.2. The van der Waals surface area contributed by atoms with Gasteiger partial charge in [0.15, 0.2) is 17.3 Å². The lowest BCUT2D eigenvalue weighted by molar-refractivity contribution is -0.143. The first-order valence-electron chi connectivity index (χ1n) is 10.8. The molecule has 0 bridgehead atoms. The first-order valence-corrected chi connectivity index (χ1v) is 10.8. The number of nitrogens with zero attached hydrogens (tertiary/aromatic N) is 3. The maximum absolute atomic E-state index is 14.3. The molecule has 3 rings (SSSR count). The number of carbonyl (C=O) groups is 2. The third kappa shape index (κ3) is 5.32. The van der Waals surface area contributed by atoms with Gasteiger partial charge in [0.2, 0.25) is 5.43 Å². The van der Waals surface area contributed by atoms with Crippen LogP contribution in [0.25, 0.3) is 11.0 Å². The highest BCUT2D eigenvalue weighted by Gasteiger charge is 2.29. The Morgan fingerprint density at radius 2 is 1.85 bits per heavy atom. The molecular weight excluding hydrogens is 448 g/mol. The number of fused-ring (bicyclic) bond motifs is 1. The Kier molecular flexibility index (Phi) is 7.18. The number of pyridine rings is 1. The van der Waals surface area contributed by atoms with Crippen molar-refractivity contribution in [2.24, 2.45) is 7.05 Å². The Morgan fingerprint density at radius 3 is 2.50 bits per heavy atom. The van der Waals surface area contributed by atoms with E-state index in [1.807, 2.05) is 0 Å². The Bertz CT molecular complexity index is 1300. The molecule has 0 amide bonds. The van der Waals surface area contributed by atoms with Gasteiger partial charge in [-0.3, -0.25) is 14.3 Å². The molecule has 0 fully saturated rings. The van der Waals surface area contributed by atoms with Crippen molar-refractivity contribution in [2.75, 3.05) is 6.61 Å². The van der Waals surface area contributed by atoms with E-state index >= 15 is 0 Å². The fourth-order valence-corrected chi connectivity index (χ4v) is 3.67. The maximum Gasteiger partial charge on any atom is 0.344 e. The van der Waals surface area contributed by atoms with Gasteiger partial charge in [-0.2, -0.15) is 5.10 Å². The zero-order valence-electron chi connectivity index (χ0n) is 19.8. The fourth-order valence-electron chi connectivity index (χ4n) is 3.67. The predicted molar refractivity (Wildman–Crippen MR) is 121 cm³/mol. The number of hydrogen-bond donors (Lipinski definition) is 0. The molecule has 0 radical (unpaired) electrons. The zero-order chi connectivity index (χ0) is 25.2. The summed E-state index contributed by atoms with van der Waals surface area (Å²) in [6, 6.07) is 3.79. The lowest BCUT2D eigenvalue weighted by atomic mass is 10.0. The van der Waals surface area contributed by atoms with Crippen LogP contribution >= 0.6 is 0 Å². The summed E-state index contributed by atoms with van der Waals surface area (Å²) in [7, 11) is 1.60.